The number of hydrogen-bond acceptors (Lipinski definition) is 6. The van der Waals surface area contributed by atoms with Crippen LogP contribution in [0.25, 0.3) is 0 Å². The minimum absolute atomic E-state index is 0.168. The number of ether oxygens (including phenoxy) is 2. The molecular formula is C27H33FN2O5. The molecule has 0 aromatic heterocycles. The Kier molecular flexibility index (Phi) is 8.84. The molecule has 1 fully saturated rings. The average molecular weight is 485 g/mol. The number of likely N-dealkylation sites (tertiary alicyclic amines) is 1. The minimum atomic E-state index is -0.947. The van der Waals surface area contributed by atoms with Crippen molar-refractivity contribution in [3.8, 4) is 0 Å². The van der Waals surface area contributed by atoms with Gasteiger partial charge in [0.15, 0.2) is 0 Å². The van der Waals surface area contributed by atoms with Crippen LogP contribution in [0.3, 0.4) is 0 Å². The third kappa shape index (κ3) is 6.59. The number of amides is 1. The molecule has 0 aliphatic carbocycles. The van der Waals surface area contributed by atoms with Gasteiger partial charge in [0.05, 0.1) is 25.4 Å². The second kappa shape index (κ2) is 11.8. The van der Waals surface area contributed by atoms with E-state index in [1.807, 2.05) is 17.0 Å². The van der Waals surface area contributed by atoms with E-state index in [0.717, 1.165) is 38.4 Å². The van der Waals surface area contributed by atoms with Crippen LogP contribution in [0.15, 0.2) is 59.0 Å². The van der Waals surface area contributed by atoms with Crippen LogP contribution in [0.4, 0.5) is 4.39 Å². The summed E-state index contributed by atoms with van der Waals surface area (Å²) in [4.78, 5) is 41.5. The lowest BCUT2D eigenvalue weighted by Crippen LogP contribution is -2.33. The van der Waals surface area contributed by atoms with Crippen molar-refractivity contribution < 1.29 is 28.2 Å². The molecule has 1 unspecified atom stereocenters. The monoisotopic (exact) mass is 484 g/mol. The summed E-state index contributed by atoms with van der Waals surface area (Å²) in [5.41, 5.74) is 2.23. The second-order valence-electron chi connectivity index (χ2n) is 9.04. The van der Waals surface area contributed by atoms with Gasteiger partial charge in [-0.05, 0) is 67.9 Å². The Morgan fingerprint density at radius 2 is 1.80 bits per heavy atom. The summed E-state index contributed by atoms with van der Waals surface area (Å²) in [6.45, 7) is 3.30. The number of benzene rings is 1. The standard InChI is InChI=1S/C27H33FN2O5/c1-18(34-3)23(15-21-16-29(2)17-24(21)25(31)27(33)35-4)26(32)30-12-5-6-19(11-13-30)14-20-7-9-22(28)10-8-20/h7-10,15,17,19H,5-6,11-14,16H2,1-4H3/b21-15+,23-18-. The summed E-state index contributed by atoms with van der Waals surface area (Å²) in [7, 11) is 4.45. The first-order chi connectivity index (χ1) is 16.7. The maximum atomic E-state index is 13.6. The van der Waals surface area contributed by atoms with Gasteiger partial charge in [-0.25, -0.2) is 9.18 Å². The largest absolute Gasteiger partial charge is 0.501 e. The van der Waals surface area contributed by atoms with Crippen molar-refractivity contribution in [3.05, 3.63) is 70.4 Å². The fourth-order valence-electron chi connectivity index (χ4n) is 4.53. The maximum Gasteiger partial charge on any atom is 0.379 e. The lowest BCUT2D eigenvalue weighted by atomic mass is 9.93. The van der Waals surface area contributed by atoms with Crippen molar-refractivity contribution in [2.45, 2.75) is 32.6 Å². The maximum absolute atomic E-state index is 13.6. The van der Waals surface area contributed by atoms with E-state index in [1.54, 1.807) is 31.1 Å². The van der Waals surface area contributed by atoms with Crippen molar-refractivity contribution in [1.29, 1.82) is 0 Å². The summed E-state index contributed by atoms with van der Waals surface area (Å²) in [5, 5.41) is 0. The van der Waals surface area contributed by atoms with E-state index in [4.69, 9.17) is 4.74 Å². The molecule has 1 amide bonds. The summed E-state index contributed by atoms with van der Waals surface area (Å²) in [5.74, 6) is -1.26. The Labute approximate surface area is 205 Å². The van der Waals surface area contributed by atoms with Gasteiger partial charge in [0.2, 0.25) is 0 Å². The number of carbonyl (C=O) groups excluding carboxylic acids is 3. The number of halogens is 1. The molecule has 8 heteroatoms. The van der Waals surface area contributed by atoms with Crippen LogP contribution in [-0.2, 0) is 30.3 Å². The Hall–Kier alpha value is -3.42. The Bertz CT molecular complexity index is 1060. The van der Waals surface area contributed by atoms with E-state index in [2.05, 4.69) is 4.74 Å². The number of allylic oxidation sites excluding steroid dienone is 1. The van der Waals surface area contributed by atoms with E-state index < -0.39 is 11.8 Å². The normalized spacial score (nSPS) is 20.2. The minimum Gasteiger partial charge on any atom is -0.501 e. The Morgan fingerprint density at radius 3 is 2.46 bits per heavy atom. The van der Waals surface area contributed by atoms with Crippen molar-refractivity contribution in [1.82, 2.24) is 9.80 Å². The van der Waals surface area contributed by atoms with Crippen LogP contribution in [0.2, 0.25) is 0 Å². The summed E-state index contributed by atoms with van der Waals surface area (Å²) in [6.07, 6.45) is 6.77. The number of nitrogens with zero attached hydrogens (tertiary/aromatic N) is 2. The van der Waals surface area contributed by atoms with Crippen LogP contribution in [-0.4, -0.2) is 68.4 Å². The molecule has 1 aromatic rings. The molecule has 0 radical (unpaired) electrons. The molecule has 7 nitrogen and oxygen atoms in total. The van der Waals surface area contributed by atoms with Crippen LogP contribution in [0.5, 0.6) is 0 Å². The first-order valence-electron chi connectivity index (χ1n) is 11.8. The molecule has 3 rings (SSSR count). The zero-order valence-electron chi connectivity index (χ0n) is 20.8. The molecule has 1 saturated heterocycles. The molecule has 2 aliphatic rings. The van der Waals surface area contributed by atoms with Gasteiger partial charge >= 0.3 is 5.97 Å². The zero-order chi connectivity index (χ0) is 25.5. The van der Waals surface area contributed by atoms with Crippen LogP contribution in [0, 0.1) is 11.7 Å². The molecule has 0 bridgehead atoms. The molecule has 2 aliphatic heterocycles. The van der Waals surface area contributed by atoms with Gasteiger partial charge in [-0.1, -0.05) is 12.1 Å². The van der Waals surface area contributed by atoms with Crippen LogP contribution < -0.4 is 0 Å². The van der Waals surface area contributed by atoms with E-state index in [1.165, 1.54) is 19.2 Å². The molecule has 1 aromatic carbocycles. The number of hydrogen-bond donors (Lipinski definition) is 0. The highest BCUT2D eigenvalue weighted by Gasteiger charge is 2.30. The lowest BCUT2D eigenvalue weighted by Gasteiger charge is -2.22. The molecular weight excluding hydrogens is 451 g/mol. The number of methoxy groups -OCH3 is 2. The van der Waals surface area contributed by atoms with Gasteiger partial charge in [-0.2, -0.15) is 0 Å². The van der Waals surface area contributed by atoms with Crippen LogP contribution >= 0.6 is 0 Å². The lowest BCUT2D eigenvalue weighted by molar-refractivity contribution is -0.149. The van der Waals surface area contributed by atoms with E-state index in [9.17, 15) is 18.8 Å². The molecule has 2 heterocycles. The predicted molar refractivity (Wildman–Crippen MR) is 130 cm³/mol. The second-order valence-corrected chi connectivity index (χ2v) is 9.04. The number of Topliss-reactive ketones (excluding diaryl/α,β-unsaturated/α-hetero) is 1. The highest BCUT2D eigenvalue weighted by molar-refractivity contribution is 6.41. The first kappa shape index (κ1) is 26.2. The molecule has 0 N–H and O–H groups in total. The molecule has 35 heavy (non-hydrogen) atoms. The SMILES string of the molecule is COC(=O)C(=O)C1=CN(C)C/C1=C\C(C(=O)N1CCCC(Cc2ccc(F)cc2)CC1)=C(/C)OC. The quantitative estimate of drug-likeness (QED) is 0.256. The summed E-state index contributed by atoms with van der Waals surface area (Å²) < 4.78 is 23.2. The van der Waals surface area contributed by atoms with Gasteiger partial charge in [0, 0.05) is 32.9 Å². The van der Waals surface area contributed by atoms with Gasteiger partial charge in [0.25, 0.3) is 11.7 Å². The van der Waals surface area contributed by atoms with Crippen molar-refractivity contribution in [2.24, 2.45) is 5.92 Å². The molecule has 1 atom stereocenters. The molecule has 0 spiro atoms. The van der Waals surface area contributed by atoms with Crippen LogP contribution in [0.1, 0.15) is 31.7 Å². The van der Waals surface area contributed by atoms with Crippen molar-refractivity contribution in [3.63, 3.8) is 0 Å². The molecule has 0 saturated carbocycles. The van der Waals surface area contributed by atoms with Gasteiger partial charge in [-0.15, -0.1) is 0 Å². The number of esters is 1. The van der Waals surface area contributed by atoms with Gasteiger partial charge in [-0.3, -0.25) is 9.59 Å². The van der Waals surface area contributed by atoms with Crippen molar-refractivity contribution in [2.75, 3.05) is 40.9 Å². The fraction of sp³-hybridized carbons (Fsp3) is 0.444. The van der Waals surface area contributed by atoms with E-state index >= 15 is 0 Å². The Morgan fingerprint density at radius 1 is 1.09 bits per heavy atom. The zero-order valence-corrected chi connectivity index (χ0v) is 20.8. The smallest absolute Gasteiger partial charge is 0.379 e. The average Bonchev–Trinajstić information content (AvgIpc) is 3.07. The summed E-state index contributed by atoms with van der Waals surface area (Å²) >= 11 is 0. The van der Waals surface area contributed by atoms with E-state index in [-0.39, 0.29) is 17.3 Å². The first-order valence-corrected chi connectivity index (χ1v) is 11.8. The third-order valence-corrected chi connectivity index (χ3v) is 6.54. The number of ketones is 1. The summed E-state index contributed by atoms with van der Waals surface area (Å²) in [6, 6.07) is 6.59. The van der Waals surface area contributed by atoms with Gasteiger partial charge in [0.1, 0.15) is 11.6 Å². The highest BCUT2D eigenvalue weighted by atomic mass is 19.1. The third-order valence-electron chi connectivity index (χ3n) is 6.54. The highest BCUT2D eigenvalue weighted by Crippen LogP contribution is 2.27. The number of likely N-dealkylation sites (N-methyl/N-ethyl adjacent to an activating group) is 1. The topological polar surface area (TPSA) is 76.2 Å². The van der Waals surface area contributed by atoms with Gasteiger partial charge < -0.3 is 19.3 Å². The van der Waals surface area contributed by atoms with E-state index in [0.29, 0.717) is 42.5 Å². The molecule has 188 valence electrons. The number of rotatable bonds is 7. The predicted octanol–water partition coefficient (Wildman–Crippen LogP) is 3.42. The number of carbonyl (C=O) groups is 3. The Balaban J connectivity index is 1.77. The van der Waals surface area contributed by atoms with Crippen molar-refractivity contribution >= 4 is 17.7 Å². The fourth-order valence-corrected chi connectivity index (χ4v) is 4.53.